The van der Waals surface area contributed by atoms with Crippen LogP contribution in [0.2, 0.25) is 0 Å². The van der Waals surface area contributed by atoms with E-state index in [4.69, 9.17) is 0 Å². The number of sulfonamides is 1. The van der Waals surface area contributed by atoms with E-state index in [2.05, 4.69) is 14.7 Å². The Bertz CT molecular complexity index is 654. The van der Waals surface area contributed by atoms with Crippen LogP contribution in [-0.2, 0) is 16.4 Å². The van der Waals surface area contributed by atoms with Gasteiger partial charge in [-0.1, -0.05) is 6.07 Å². The number of aromatic nitrogens is 2. The summed E-state index contributed by atoms with van der Waals surface area (Å²) in [4.78, 5) is 6.37. The van der Waals surface area contributed by atoms with Gasteiger partial charge in [-0.05, 0) is 24.6 Å². The summed E-state index contributed by atoms with van der Waals surface area (Å²) in [6.45, 7) is 1.89. The van der Waals surface area contributed by atoms with Crippen molar-refractivity contribution in [2.75, 3.05) is 6.54 Å². The van der Waals surface area contributed by atoms with Crippen molar-refractivity contribution in [1.29, 1.82) is 0 Å². The van der Waals surface area contributed by atoms with Crippen molar-refractivity contribution in [3.8, 4) is 0 Å². The maximum atomic E-state index is 13.5. The summed E-state index contributed by atoms with van der Waals surface area (Å²) in [6, 6.07) is 3.99. The van der Waals surface area contributed by atoms with Crippen molar-refractivity contribution >= 4 is 10.0 Å². The molecule has 0 aliphatic carbocycles. The molecule has 2 rings (SSSR count). The molecule has 5 nitrogen and oxygen atoms in total. The lowest BCUT2D eigenvalue weighted by molar-refractivity contribution is 0.556. The van der Waals surface area contributed by atoms with Gasteiger partial charge in [0.2, 0.25) is 10.0 Å². The number of aromatic amines is 1. The van der Waals surface area contributed by atoms with E-state index >= 15 is 0 Å². The lowest BCUT2D eigenvalue weighted by Gasteiger charge is -2.07. The quantitative estimate of drug-likeness (QED) is 0.870. The van der Waals surface area contributed by atoms with Gasteiger partial charge in [0.25, 0.3) is 0 Å². The number of hydrogen-bond acceptors (Lipinski definition) is 3. The Morgan fingerprint density at radius 2 is 2.21 bits per heavy atom. The molecule has 7 heteroatoms. The number of rotatable bonds is 5. The molecule has 0 saturated heterocycles. The monoisotopic (exact) mass is 283 g/mol. The van der Waals surface area contributed by atoms with Gasteiger partial charge in [-0.3, -0.25) is 0 Å². The standard InChI is InChI=1S/C12H14FN3O2S/c1-9-2-3-11(13)12(6-9)19(17,18)16-5-4-10-7-14-8-15-10/h2-3,6-8,16H,4-5H2,1H3,(H,14,15). The molecule has 0 amide bonds. The van der Waals surface area contributed by atoms with Gasteiger partial charge in [0.15, 0.2) is 0 Å². The maximum absolute atomic E-state index is 13.5. The molecule has 1 heterocycles. The van der Waals surface area contributed by atoms with Gasteiger partial charge < -0.3 is 4.98 Å². The Labute approximate surface area is 110 Å². The molecule has 1 aromatic carbocycles. The predicted octanol–water partition coefficient (Wildman–Crippen LogP) is 1.38. The Kier molecular flexibility index (Phi) is 3.96. The second-order valence-electron chi connectivity index (χ2n) is 4.16. The van der Waals surface area contributed by atoms with Gasteiger partial charge in [-0.25, -0.2) is 22.5 Å². The molecule has 19 heavy (non-hydrogen) atoms. The fourth-order valence-electron chi connectivity index (χ4n) is 1.64. The van der Waals surface area contributed by atoms with Gasteiger partial charge >= 0.3 is 0 Å². The van der Waals surface area contributed by atoms with E-state index < -0.39 is 15.8 Å². The Balaban J connectivity index is 2.07. The first-order valence-electron chi connectivity index (χ1n) is 5.72. The zero-order chi connectivity index (χ0) is 13.9. The average Bonchev–Trinajstić information content (AvgIpc) is 2.85. The van der Waals surface area contributed by atoms with E-state index in [-0.39, 0.29) is 11.4 Å². The van der Waals surface area contributed by atoms with E-state index in [9.17, 15) is 12.8 Å². The summed E-state index contributed by atoms with van der Waals surface area (Å²) >= 11 is 0. The highest BCUT2D eigenvalue weighted by Gasteiger charge is 2.18. The van der Waals surface area contributed by atoms with E-state index in [1.54, 1.807) is 13.1 Å². The van der Waals surface area contributed by atoms with Gasteiger partial charge in [0, 0.05) is 24.9 Å². The minimum Gasteiger partial charge on any atom is -0.348 e. The van der Waals surface area contributed by atoms with Crippen LogP contribution in [0.15, 0.2) is 35.6 Å². The third-order valence-electron chi connectivity index (χ3n) is 2.62. The minimum absolute atomic E-state index is 0.178. The van der Waals surface area contributed by atoms with Crippen LogP contribution in [0.3, 0.4) is 0 Å². The van der Waals surface area contributed by atoms with Gasteiger partial charge in [-0.2, -0.15) is 0 Å². The fourth-order valence-corrected chi connectivity index (χ4v) is 2.83. The summed E-state index contributed by atoms with van der Waals surface area (Å²) in [6.07, 6.45) is 3.60. The average molecular weight is 283 g/mol. The van der Waals surface area contributed by atoms with Gasteiger partial charge in [-0.15, -0.1) is 0 Å². The number of hydrogen-bond donors (Lipinski definition) is 2. The second-order valence-corrected chi connectivity index (χ2v) is 5.89. The van der Waals surface area contributed by atoms with E-state index in [0.29, 0.717) is 12.0 Å². The second kappa shape index (κ2) is 5.50. The van der Waals surface area contributed by atoms with Crippen LogP contribution in [0.1, 0.15) is 11.3 Å². The highest BCUT2D eigenvalue weighted by atomic mass is 32.2. The molecule has 0 aliphatic rings. The molecule has 2 N–H and O–H groups in total. The summed E-state index contributed by atoms with van der Waals surface area (Å²) in [5.74, 6) is -0.750. The van der Waals surface area contributed by atoms with Crippen LogP contribution in [0, 0.1) is 12.7 Å². The van der Waals surface area contributed by atoms with Crippen LogP contribution >= 0.6 is 0 Å². The van der Waals surface area contributed by atoms with Crippen molar-refractivity contribution in [3.63, 3.8) is 0 Å². The molecule has 102 valence electrons. The fraction of sp³-hybridized carbons (Fsp3) is 0.250. The molecule has 1 aromatic heterocycles. The number of imidazole rings is 1. The highest BCUT2D eigenvalue weighted by molar-refractivity contribution is 7.89. The minimum atomic E-state index is -3.83. The first-order valence-corrected chi connectivity index (χ1v) is 7.20. The van der Waals surface area contributed by atoms with Gasteiger partial charge in [0.1, 0.15) is 10.7 Å². The van der Waals surface area contributed by atoms with Crippen LogP contribution in [0.25, 0.3) is 0 Å². The molecule has 0 fully saturated rings. The predicted molar refractivity (Wildman–Crippen MR) is 68.6 cm³/mol. The summed E-state index contributed by atoms with van der Waals surface area (Å²) < 4.78 is 39.8. The van der Waals surface area contributed by atoms with Crippen LogP contribution in [-0.4, -0.2) is 24.9 Å². The third kappa shape index (κ3) is 3.39. The summed E-state index contributed by atoms with van der Waals surface area (Å²) in [7, 11) is -3.83. The third-order valence-corrected chi connectivity index (χ3v) is 4.09. The van der Waals surface area contributed by atoms with Crippen molar-refractivity contribution < 1.29 is 12.8 Å². The lowest BCUT2D eigenvalue weighted by Crippen LogP contribution is -2.27. The first-order chi connectivity index (χ1) is 8.99. The normalized spacial score (nSPS) is 11.7. The van der Waals surface area contributed by atoms with E-state index in [0.717, 1.165) is 11.8 Å². The SMILES string of the molecule is Cc1ccc(F)c(S(=O)(=O)NCCc2cnc[nH]2)c1. The summed E-state index contributed by atoms with van der Waals surface area (Å²) in [5.41, 5.74) is 1.50. The lowest BCUT2D eigenvalue weighted by atomic mass is 10.2. The first kappa shape index (κ1) is 13.7. The number of benzene rings is 1. The molecule has 2 aromatic rings. The van der Waals surface area contributed by atoms with Crippen LogP contribution in [0.4, 0.5) is 4.39 Å². The Morgan fingerprint density at radius 3 is 2.89 bits per heavy atom. The van der Waals surface area contributed by atoms with E-state index in [1.165, 1.54) is 18.5 Å². The zero-order valence-electron chi connectivity index (χ0n) is 10.4. The molecular formula is C12H14FN3O2S. The summed E-state index contributed by atoms with van der Waals surface area (Å²) in [5, 5.41) is 0. The maximum Gasteiger partial charge on any atom is 0.243 e. The molecule has 0 radical (unpaired) electrons. The van der Waals surface area contributed by atoms with Crippen molar-refractivity contribution in [3.05, 3.63) is 47.8 Å². The number of nitrogens with zero attached hydrogens (tertiary/aromatic N) is 1. The van der Waals surface area contributed by atoms with Crippen molar-refractivity contribution in [2.45, 2.75) is 18.2 Å². The molecule has 0 bridgehead atoms. The van der Waals surface area contributed by atoms with Crippen LogP contribution < -0.4 is 4.72 Å². The van der Waals surface area contributed by atoms with Crippen molar-refractivity contribution in [1.82, 2.24) is 14.7 Å². The Morgan fingerprint density at radius 1 is 1.42 bits per heavy atom. The topological polar surface area (TPSA) is 74.8 Å². The zero-order valence-corrected chi connectivity index (χ0v) is 11.2. The molecule has 0 saturated carbocycles. The molecule has 0 unspecified atom stereocenters. The molecule has 0 aliphatic heterocycles. The number of H-pyrrole nitrogens is 1. The largest absolute Gasteiger partial charge is 0.348 e. The number of aryl methyl sites for hydroxylation is 1. The molecule has 0 spiro atoms. The van der Waals surface area contributed by atoms with E-state index in [1.807, 2.05) is 0 Å². The van der Waals surface area contributed by atoms with Crippen molar-refractivity contribution in [2.24, 2.45) is 0 Å². The van der Waals surface area contributed by atoms with Gasteiger partial charge in [0.05, 0.1) is 6.33 Å². The number of nitrogens with one attached hydrogen (secondary N) is 2. The molecular weight excluding hydrogens is 269 g/mol. The van der Waals surface area contributed by atoms with Crippen LogP contribution in [0.5, 0.6) is 0 Å². The highest BCUT2D eigenvalue weighted by Crippen LogP contribution is 2.15. The Hall–Kier alpha value is -1.73. The molecule has 0 atom stereocenters. The number of halogens is 1. The smallest absolute Gasteiger partial charge is 0.243 e.